The van der Waals surface area contributed by atoms with E-state index in [4.69, 9.17) is 5.73 Å². The summed E-state index contributed by atoms with van der Waals surface area (Å²) >= 11 is 0. The normalized spacial score (nSPS) is 13.9. The molecule has 5 heteroatoms. The summed E-state index contributed by atoms with van der Waals surface area (Å²) in [6.45, 7) is 12.1. The molecule has 0 fully saturated rings. The molecule has 0 spiro atoms. The lowest BCUT2D eigenvalue weighted by Gasteiger charge is -2.29. The first-order valence-electron chi connectivity index (χ1n) is 7.25. The number of aromatic hydroxyl groups is 1. The molecule has 0 heterocycles. The Balaban J connectivity index is 0.00000441. The predicted octanol–water partition coefficient (Wildman–Crippen LogP) is 5.06. The van der Waals surface area contributed by atoms with Crippen LogP contribution in [0.5, 0.6) is 5.75 Å². The zero-order chi connectivity index (χ0) is 16.6. The monoisotopic (exact) mass is 335 g/mol. The Bertz CT molecular complexity index is 505. The first-order chi connectivity index (χ1) is 9.34. The van der Waals surface area contributed by atoms with Crippen LogP contribution in [0.4, 0.5) is 8.78 Å². The average Bonchev–Trinajstić information content (AvgIpc) is 2.24. The standard InChI is InChI=1S/C17H27F2NO.ClH/c1-16(2,3)10-7-11(13(20)9-14(18)19)15(21)12(8-10)17(4,5)6;/h7-8,13-14,21H,9,20H2,1-6H3;1H/t13-;/m0./s1. The summed E-state index contributed by atoms with van der Waals surface area (Å²) < 4.78 is 25.2. The molecule has 0 aliphatic rings. The third-order valence-corrected chi connectivity index (χ3v) is 3.65. The van der Waals surface area contributed by atoms with Gasteiger partial charge in [0, 0.05) is 18.0 Å². The van der Waals surface area contributed by atoms with Crippen LogP contribution in [0, 0.1) is 0 Å². The second-order valence-corrected chi connectivity index (χ2v) is 7.69. The Hall–Kier alpha value is -0.870. The van der Waals surface area contributed by atoms with Crippen molar-refractivity contribution in [3.8, 4) is 5.75 Å². The van der Waals surface area contributed by atoms with Crippen LogP contribution in [0.3, 0.4) is 0 Å². The van der Waals surface area contributed by atoms with Gasteiger partial charge in [0.25, 0.3) is 0 Å². The van der Waals surface area contributed by atoms with Gasteiger partial charge in [-0.25, -0.2) is 8.78 Å². The van der Waals surface area contributed by atoms with Crippen LogP contribution in [-0.2, 0) is 10.8 Å². The Morgan fingerprint density at radius 3 is 1.91 bits per heavy atom. The number of halogens is 3. The van der Waals surface area contributed by atoms with E-state index in [1.54, 1.807) is 6.07 Å². The third kappa shape index (κ3) is 5.10. The molecule has 0 aliphatic heterocycles. The van der Waals surface area contributed by atoms with Crippen molar-refractivity contribution in [1.82, 2.24) is 0 Å². The summed E-state index contributed by atoms with van der Waals surface area (Å²) in [5.74, 6) is 0.0450. The van der Waals surface area contributed by atoms with E-state index in [-0.39, 0.29) is 29.0 Å². The molecule has 1 aromatic carbocycles. The summed E-state index contributed by atoms with van der Waals surface area (Å²) in [5.41, 5.74) is 7.59. The van der Waals surface area contributed by atoms with Crippen LogP contribution in [0.1, 0.15) is 70.7 Å². The molecule has 0 amide bonds. The van der Waals surface area contributed by atoms with E-state index in [2.05, 4.69) is 0 Å². The zero-order valence-electron chi connectivity index (χ0n) is 14.2. The minimum Gasteiger partial charge on any atom is -0.507 e. The Kier molecular flexibility index (Phi) is 6.85. The lowest BCUT2D eigenvalue weighted by atomic mass is 9.78. The van der Waals surface area contributed by atoms with E-state index in [1.807, 2.05) is 47.6 Å². The second-order valence-electron chi connectivity index (χ2n) is 7.69. The van der Waals surface area contributed by atoms with Crippen LogP contribution < -0.4 is 5.73 Å². The summed E-state index contributed by atoms with van der Waals surface area (Å²) in [7, 11) is 0. The van der Waals surface area contributed by atoms with Gasteiger partial charge >= 0.3 is 0 Å². The molecule has 1 aromatic rings. The van der Waals surface area contributed by atoms with Crippen molar-refractivity contribution in [2.24, 2.45) is 5.73 Å². The molecule has 1 rings (SSSR count). The summed E-state index contributed by atoms with van der Waals surface area (Å²) in [4.78, 5) is 0. The fraction of sp³-hybridized carbons (Fsp3) is 0.647. The lowest BCUT2D eigenvalue weighted by Crippen LogP contribution is -2.21. The van der Waals surface area contributed by atoms with Gasteiger partial charge in [0.15, 0.2) is 0 Å². The number of nitrogens with two attached hydrogens (primary N) is 1. The van der Waals surface area contributed by atoms with Crippen LogP contribution >= 0.6 is 12.4 Å². The average molecular weight is 336 g/mol. The van der Waals surface area contributed by atoms with E-state index in [0.29, 0.717) is 5.56 Å². The van der Waals surface area contributed by atoms with Crippen LogP contribution in [0.2, 0.25) is 0 Å². The maximum atomic E-state index is 12.6. The molecule has 0 saturated heterocycles. The SMILES string of the molecule is CC(C)(C)c1cc([C@@H](N)CC(F)F)c(O)c(C(C)(C)C)c1.Cl. The van der Waals surface area contributed by atoms with E-state index in [9.17, 15) is 13.9 Å². The minimum atomic E-state index is -2.49. The maximum Gasteiger partial charge on any atom is 0.240 e. The molecular weight excluding hydrogens is 308 g/mol. The molecular formula is C17H28ClF2NO. The molecule has 0 aromatic heterocycles. The molecule has 0 unspecified atom stereocenters. The highest BCUT2D eigenvalue weighted by atomic mass is 35.5. The molecule has 0 saturated carbocycles. The molecule has 1 atom stereocenters. The van der Waals surface area contributed by atoms with Crippen molar-refractivity contribution in [2.45, 2.75) is 71.3 Å². The summed E-state index contributed by atoms with van der Waals surface area (Å²) in [5, 5.41) is 10.5. The Labute approximate surface area is 138 Å². The number of phenolic OH excluding ortho intramolecular Hbond substituents is 1. The van der Waals surface area contributed by atoms with Gasteiger partial charge < -0.3 is 10.8 Å². The quantitative estimate of drug-likeness (QED) is 0.810. The number of alkyl halides is 2. The first kappa shape index (κ1) is 21.1. The zero-order valence-corrected chi connectivity index (χ0v) is 15.0. The predicted molar refractivity (Wildman–Crippen MR) is 90.3 cm³/mol. The maximum absolute atomic E-state index is 12.6. The second kappa shape index (κ2) is 7.14. The van der Waals surface area contributed by atoms with Gasteiger partial charge in [-0.3, -0.25) is 0 Å². The van der Waals surface area contributed by atoms with Gasteiger partial charge in [0.1, 0.15) is 5.75 Å². The molecule has 0 aliphatic carbocycles. The van der Waals surface area contributed by atoms with Gasteiger partial charge in [-0.15, -0.1) is 12.4 Å². The highest BCUT2D eigenvalue weighted by Crippen LogP contribution is 2.40. The van der Waals surface area contributed by atoms with Gasteiger partial charge in [-0.1, -0.05) is 47.6 Å². The molecule has 0 bridgehead atoms. The van der Waals surface area contributed by atoms with E-state index in [0.717, 1.165) is 11.1 Å². The van der Waals surface area contributed by atoms with Gasteiger partial charge in [0.2, 0.25) is 6.43 Å². The highest BCUT2D eigenvalue weighted by molar-refractivity contribution is 5.85. The van der Waals surface area contributed by atoms with Crippen molar-refractivity contribution in [3.63, 3.8) is 0 Å². The number of hydrogen-bond donors (Lipinski definition) is 2. The smallest absolute Gasteiger partial charge is 0.240 e. The Morgan fingerprint density at radius 1 is 1.05 bits per heavy atom. The highest BCUT2D eigenvalue weighted by Gasteiger charge is 2.27. The number of phenols is 1. The molecule has 0 radical (unpaired) electrons. The van der Waals surface area contributed by atoms with Crippen molar-refractivity contribution in [1.29, 1.82) is 0 Å². The lowest BCUT2D eigenvalue weighted by molar-refractivity contribution is 0.128. The molecule has 22 heavy (non-hydrogen) atoms. The van der Waals surface area contributed by atoms with Crippen molar-refractivity contribution in [2.75, 3.05) is 0 Å². The topological polar surface area (TPSA) is 46.2 Å². The number of benzene rings is 1. The van der Waals surface area contributed by atoms with Crippen molar-refractivity contribution in [3.05, 3.63) is 28.8 Å². The fourth-order valence-corrected chi connectivity index (χ4v) is 2.26. The fourth-order valence-electron chi connectivity index (χ4n) is 2.26. The summed E-state index contributed by atoms with van der Waals surface area (Å²) in [6.07, 6.45) is -2.94. The largest absolute Gasteiger partial charge is 0.507 e. The minimum absolute atomic E-state index is 0. The summed E-state index contributed by atoms with van der Waals surface area (Å²) in [6, 6.07) is 2.85. The molecule has 3 N–H and O–H groups in total. The molecule has 128 valence electrons. The van der Waals surface area contributed by atoms with Gasteiger partial charge in [-0.05, 0) is 28.0 Å². The third-order valence-electron chi connectivity index (χ3n) is 3.65. The van der Waals surface area contributed by atoms with E-state index >= 15 is 0 Å². The number of hydrogen-bond acceptors (Lipinski definition) is 2. The van der Waals surface area contributed by atoms with E-state index in [1.165, 1.54) is 0 Å². The van der Waals surface area contributed by atoms with Crippen LogP contribution in [-0.4, -0.2) is 11.5 Å². The van der Waals surface area contributed by atoms with E-state index < -0.39 is 18.9 Å². The molecule has 2 nitrogen and oxygen atoms in total. The van der Waals surface area contributed by atoms with Gasteiger partial charge in [0.05, 0.1) is 0 Å². The van der Waals surface area contributed by atoms with Crippen LogP contribution in [0.25, 0.3) is 0 Å². The first-order valence-corrected chi connectivity index (χ1v) is 7.25. The van der Waals surface area contributed by atoms with Gasteiger partial charge in [-0.2, -0.15) is 0 Å². The van der Waals surface area contributed by atoms with Crippen molar-refractivity contribution >= 4 is 12.4 Å². The van der Waals surface area contributed by atoms with Crippen molar-refractivity contribution < 1.29 is 13.9 Å². The Morgan fingerprint density at radius 2 is 1.55 bits per heavy atom. The van der Waals surface area contributed by atoms with Crippen LogP contribution in [0.15, 0.2) is 12.1 Å². The number of rotatable bonds is 3.